The van der Waals surface area contributed by atoms with E-state index in [1.807, 2.05) is 0 Å². The second-order valence-electron chi connectivity index (χ2n) is 3.84. The predicted octanol–water partition coefficient (Wildman–Crippen LogP) is 1.15. The zero-order valence-electron chi connectivity index (χ0n) is 9.83. The summed E-state index contributed by atoms with van der Waals surface area (Å²) in [6.07, 6.45) is 3.50. The van der Waals surface area contributed by atoms with Gasteiger partial charge in [0.2, 0.25) is 5.91 Å². The van der Waals surface area contributed by atoms with Crippen molar-refractivity contribution in [3.63, 3.8) is 0 Å². The molecule has 5 nitrogen and oxygen atoms in total. The van der Waals surface area contributed by atoms with Gasteiger partial charge in [0.15, 0.2) is 0 Å². The summed E-state index contributed by atoms with van der Waals surface area (Å²) >= 11 is 0. The number of carbonyl (C=O) groups excluding carboxylic acids is 1. The number of amides is 1. The molecule has 0 aliphatic heterocycles. The van der Waals surface area contributed by atoms with Gasteiger partial charge >= 0.3 is 0 Å². The average molecular weight is 246 g/mol. The molecule has 1 N–H and O–H groups in total. The van der Waals surface area contributed by atoms with E-state index in [0.29, 0.717) is 18.8 Å². The van der Waals surface area contributed by atoms with Gasteiger partial charge in [0.25, 0.3) is 5.56 Å². The zero-order chi connectivity index (χ0) is 12.8. The lowest BCUT2D eigenvalue weighted by atomic mass is 10.3. The third-order valence-corrected chi connectivity index (χ3v) is 2.52. The molecule has 0 radical (unpaired) electrons. The van der Waals surface area contributed by atoms with Crippen molar-refractivity contribution in [1.29, 1.82) is 0 Å². The third kappa shape index (κ3) is 3.35. The van der Waals surface area contributed by atoms with Crippen molar-refractivity contribution >= 4 is 5.91 Å². The number of aromatic nitrogens is 1. The summed E-state index contributed by atoms with van der Waals surface area (Å²) in [6, 6.07) is 8.48. The van der Waals surface area contributed by atoms with Crippen LogP contribution in [0, 0.1) is 0 Å². The highest BCUT2D eigenvalue weighted by Crippen LogP contribution is 1.98. The Hall–Kier alpha value is -2.30. The summed E-state index contributed by atoms with van der Waals surface area (Å²) in [5, 5.41) is 2.73. The quantitative estimate of drug-likeness (QED) is 0.860. The molecule has 0 bridgehead atoms. The van der Waals surface area contributed by atoms with Crippen molar-refractivity contribution < 1.29 is 9.21 Å². The number of rotatable bonds is 5. The van der Waals surface area contributed by atoms with E-state index in [9.17, 15) is 9.59 Å². The van der Waals surface area contributed by atoms with Crippen molar-refractivity contribution in [3.05, 3.63) is 58.9 Å². The molecule has 0 aliphatic rings. The molecule has 5 heteroatoms. The van der Waals surface area contributed by atoms with Gasteiger partial charge < -0.3 is 14.3 Å². The Labute approximate surface area is 104 Å². The normalized spacial score (nSPS) is 10.2. The Morgan fingerprint density at radius 2 is 2.17 bits per heavy atom. The molecule has 0 spiro atoms. The first-order valence-electron chi connectivity index (χ1n) is 5.70. The Bertz CT molecular complexity index is 558. The van der Waals surface area contributed by atoms with E-state index in [-0.39, 0.29) is 17.9 Å². The molecule has 1 amide bonds. The molecule has 0 saturated heterocycles. The molecule has 0 aromatic carbocycles. The summed E-state index contributed by atoms with van der Waals surface area (Å²) in [5.74, 6) is 0.599. The molecule has 0 saturated carbocycles. The Morgan fingerprint density at radius 1 is 1.28 bits per heavy atom. The van der Waals surface area contributed by atoms with Crippen LogP contribution < -0.4 is 10.9 Å². The lowest BCUT2D eigenvalue weighted by Gasteiger charge is -2.05. The average Bonchev–Trinajstić information content (AvgIpc) is 2.88. The number of aryl methyl sites for hydroxylation is 1. The molecule has 2 heterocycles. The van der Waals surface area contributed by atoms with Crippen LogP contribution in [0.5, 0.6) is 0 Å². The lowest BCUT2D eigenvalue weighted by Crippen LogP contribution is -2.26. The minimum atomic E-state index is -0.109. The first kappa shape index (κ1) is 12.2. The molecule has 2 aromatic heterocycles. The van der Waals surface area contributed by atoms with E-state index in [1.165, 1.54) is 10.6 Å². The van der Waals surface area contributed by atoms with Gasteiger partial charge in [-0.1, -0.05) is 6.07 Å². The van der Waals surface area contributed by atoms with Crippen LogP contribution in [0.3, 0.4) is 0 Å². The minimum absolute atomic E-state index is 0.101. The maximum Gasteiger partial charge on any atom is 0.250 e. The van der Waals surface area contributed by atoms with Gasteiger partial charge in [-0.3, -0.25) is 9.59 Å². The van der Waals surface area contributed by atoms with E-state index < -0.39 is 0 Å². The van der Waals surface area contributed by atoms with Crippen LogP contribution >= 0.6 is 0 Å². The Morgan fingerprint density at radius 3 is 2.89 bits per heavy atom. The molecule has 0 unspecified atom stereocenters. The summed E-state index contributed by atoms with van der Waals surface area (Å²) in [5.41, 5.74) is -0.101. The summed E-state index contributed by atoms with van der Waals surface area (Å²) in [7, 11) is 0. The van der Waals surface area contributed by atoms with Gasteiger partial charge in [-0.2, -0.15) is 0 Å². The van der Waals surface area contributed by atoms with E-state index in [2.05, 4.69) is 5.32 Å². The smallest absolute Gasteiger partial charge is 0.250 e. The van der Waals surface area contributed by atoms with Gasteiger partial charge in [0.05, 0.1) is 12.8 Å². The minimum Gasteiger partial charge on any atom is -0.467 e. The molecule has 18 heavy (non-hydrogen) atoms. The van der Waals surface area contributed by atoms with Gasteiger partial charge in [0, 0.05) is 25.2 Å². The van der Waals surface area contributed by atoms with Gasteiger partial charge in [0.1, 0.15) is 5.76 Å². The molecule has 2 rings (SSSR count). The van der Waals surface area contributed by atoms with Crippen LogP contribution in [0.4, 0.5) is 0 Å². The molecule has 0 atom stereocenters. The van der Waals surface area contributed by atoms with Gasteiger partial charge in [-0.05, 0) is 18.2 Å². The molecule has 0 aliphatic carbocycles. The largest absolute Gasteiger partial charge is 0.467 e. The molecule has 0 fully saturated rings. The number of nitrogens with one attached hydrogen (secondary N) is 1. The highest BCUT2D eigenvalue weighted by Gasteiger charge is 2.03. The van der Waals surface area contributed by atoms with Crippen molar-refractivity contribution in [3.8, 4) is 0 Å². The Kier molecular flexibility index (Phi) is 3.96. The van der Waals surface area contributed by atoms with Crippen molar-refractivity contribution in [2.24, 2.45) is 0 Å². The number of hydrogen-bond donors (Lipinski definition) is 1. The van der Waals surface area contributed by atoms with Crippen molar-refractivity contribution in [1.82, 2.24) is 9.88 Å². The van der Waals surface area contributed by atoms with Crippen molar-refractivity contribution in [2.45, 2.75) is 19.5 Å². The van der Waals surface area contributed by atoms with Gasteiger partial charge in [-0.25, -0.2) is 0 Å². The maximum absolute atomic E-state index is 11.6. The lowest BCUT2D eigenvalue weighted by molar-refractivity contribution is -0.121. The molecular formula is C13H14N2O3. The van der Waals surface area contributed by atoms with E-state index in [4.69, 9.17) is 4.42 Å². The highest BCUT2D eigenvalue weighted by molar-refractivity contribution is 5.75. The number of hydrogen-bond acceptors (Lipinski definition) is 3. The fourth-order valence-electron chi connectivity index (χ4n) is 1.55. The van der Waals surface area contributed by atoms with Crippen LogP contribution in [0.25, 0.3) is 0 Å². The van der Waals surface area contributed by atoms with Crippen LogP contribution in [0.1, 0.15) is 12.2 Å². The van der Waals surface area contributed by atoms with E-state index in [1.54, 1.807) is 36.7 Å². The number of nitrogens with zero attached hydrogens (tertiary/aromatic N) is 1. The maximum atomic E-state index is 11.6. The predicted molar refractivity (Wildman–Crippen MR) is 65.9 cm³/mol. The third-order valence-electron chi connectivity index (χ3n) is 2.52. The number of pyridine rings is 1. The summed E-state index contributed by atoms with van der Waals surface area (Å²) in [4.78, 5) is 22.9. The number of carbonyl (C=O) groups is 1. The zero-order valence-corrected chi connectivity index (χ0v) is 9.83. The summed E-state index contributed by atoms with van der Waals surface area (Å²) in [6.45, 7) is 0.749. The van der Waals surface area contributed by atoms with Crippen LogP contribution in [-0.4, -0.2) is 10.5 Å². The molecular weight excluding hydrogens is 232 g/mol. The fraction of sp³-hybridized carbons (Fsp3) is 0.231. The van der Waals surface area contributed by atoms with Gasteiger partial charge in [-0.15, -0.1) is 0 Å². The standard InChI is InChI=1S/C13H14N2O3/c16-12(14-10-11-4-3-9-18-11)6-8-15-7-2-1-5-13(15)17/h1-5,7,9H,6,8,10H2,(H,14,16). The van der Waals surface area contributed by atoms with E-state index >= 15 is 0 Å². The number of furan rings is 1. The monoisotopic (exact) mass is 246 g/mol. The first-order chi connectivity index (χ1) is 8.75. The second-order valence-corrected chi connectivity index (χ2v) is 3.84. The Balaban J connectivity index is 1.78. The van der Waals surface area contributed by atoms with E-state index in [0.717, 1.165) is 0 Å². The van der Waals surface area contributed by atoms with Crippen molar-refractivity contribution in [2.75, 3.05) is 0 Å². The van der Waals surface area contributed by atoms with Crippen LogP contribution in [0.15, 0.2) is 52.0 Å². The second kappa shape index (κ2) is 5.86. The first-order valence-corrected chi connectivity index (χ1v) is 5.70. The topological polar surface area (TPSA) is 64.2 Å². The van der Waals surface area contributed by atoms with Crippen LogP contribution in [0.2, 0.25) is 0 Å². The highest BCUT2D eigenvalue weighted by atomic mass is 16.3. The molecule has 2 aromatic rings. The SMILES string of the molecule is O=C(CCn1ccccc1=O)NCc1ccco1. The van der Waals surface area contributed by atoms with Crippen LogP contribution in [-0.2, 0) is 17.9 Å². The fourth-order valence-corrected chi connectivity index (χ4v) is 1.55. The summed E-state index contributed by atoms with van der Waals surface area (Å²) < 4.78 is 6.60. The molecule has 94 valence electrons.